The van der Waals surface area contributed by atoms with E-state index in [1.54, 1.807) is 18.2 Å². The SMILES string of the molecule is COCC(N)C(=O)Cc1ccc(Cl)c(Cl)c1. The molecule has 0 saturated heterocycles. The second-order valence-corrected chi connectivity index (χ2v) is 4.27. The molecule has 0 amide bonds. The predicted octanol–water partition coefficient (Wildman–Crippen LogP) is 2.08. The van der Waals surface area contributed by atoms with Crippen molar-refractivity contribution in [3.05, 3.63) is 33.8 Å². The third-order valence-electron chi connectivity index (χ3n) is 2.12. The number of rotatable bonds is 5. The molecule has 0 spiro atoms. The zero-order chi connectivity index (χ0) is 12.1. The monoisotopic (exact) mass is 261 g/mol. The summed E-state index contributed by atoms with van der Waals surface area (Å²) < 4.78 is 4.81. The molecule has 1 aromatic carbocycles. The van der Waals surface area contributed by atoms with Gasteiger partial charge in [-0.25, -0.2) is 0 Å². The van der Waals surface area contributed by atoms with Crippen LogP contribution in [-0.4, -0.2) is 25.5 Å². The number of Topliss-reactive ketones (excluding diaryl/α,β-unsaturated/α-hetero) is 1. The quantitative estimate of drug-likeness (QED) is 0.883. The molecule has 0 aliphatic rings. The van der Waals surface area contributed by atoms with Crippen LogP contribution >= 0.6 is 23.2 Å². The molecule has 1 atom stereocenters. The Labute approximate surface area is 104 Å². The molecule has 0 radical (unpaired) electrons. The van der Waals surface area contributed by atoms with Crippen molar-refractivity contribution in [1.82, 2.24) is 0 Å². The van der Waals surface area contributed by atoms with Gasteiger partial charge in [0.25, 0.3) is 0 Å². The summed E-state index contributed by atoms with van der Waals surface area (Å²) >= 11 is 11.6. The topological polar surface area (TPSA) is 52.3 Å². The van der Waals surface area contributed by atoms with E-state index < -0.39 is 6.04 Å². The molecule has 3 nitrogen and oxygen atoms in total. The van der Waals surface area contributed by atoms with Gasteiger partial charge in [-0.15, -0.1) is 0 Å². The summed E-state index contributed by atoms with van der Waals surface area (Å²) in [5.41, 5.74) is 6.41. The second-order valence-electron chi connectivity index (χ2n) is 3.45. The smallest absolute Gasteiger partial charge is 0.156 e. The fourth-order valence-corrected chi connectivity index (χ4v) is 1.58. The van der Waals surface area contributed by atoms with Crippen LogP contribution in [0.15, 0.2) is 18.2 Å². The van der Waals surface area contributed by atoms with Gasteiger partial charge in [-0.05, 0) is 17.7 Å². The van der Waals surface area contributed by atoms with E-state index in [2.05, 4.69) is 0 Å². The van der Waals surface area contributed by atoms with Gasteiger partial charge in [0.1, 0.15) is 0 Å². The number of nitrogens with two attached hydrogens (primary N) is 1. The second kappa shape index (κ2) is 6.21. The van der Waals surface area contributed by atoms with Gasteiger partial charge in [0.2, 0.25) is 0 Å². The highest BCUT2D eigenvalue weighted by molar-refractivity contribution is 6.42. The first-order valence-electron chi connectivity index (χ1n) is 4.75. The first-order chi connectivity index (χ1) is 7.54. The molecule has 0 heterocycles. The number of methoxy groups -OCH3 is 1. The molecule has 88 valence electrons. The number of hydrogen-bond acceptors (Lipinski definition) is 3. The van der Waals surface area contributed by atoms with Crippen LogP contribution in [0.2, 0.25) is 10.0 Å². The summed E-state index contributed by atoms with van der Waals surface area (Å²) in [6, 6.07) is 4.49. The zero-order valence-corrected chi connectivity index (χ0v) is 10.4. The fourth-order valence-electron chi connectivity index (χ4n) is 1.25. The minimum absolute atomic E-state index is 0.0831. The van der Waals surface area contributed by atoms with Crippen LogP contribution in [0.1, 0.15) is 5.56 Å². The Morgan fingerprint density at radius 1 is 1.44 bits per heavy atom. The first-order valence-corrected chi connectivity index (χ1v) is 5.51. The maximum atomic E-state index is 11.6. The van der Waals surface area contributed by atoms with Gasteiger partial charge >= 0.3 is 0 Å². The van der Waals surface area contributed by atoms with E-state index in [0.717, 1.165) is 5.56 Å². The number of ketones is 1. The molecule has 0 aliphatic heterocycles. The minimum atomic E-state index is -0.598. The van der Waals surface area contributed by atoms with Crippen LogP contribution in [-0.2, 0) is 16.0 Å². The van der Waals surface area contributed by atoms with Crippen LogP contribution in [0, 0.1) is 0 Å². The molecular formula is C11H13Cl2NO2. The van der Waals surface area contributed by atoms with Gasteiger partial charge in [-0.1, -0.05) is 29.3 Å². The third-order valence-corrected chi connectivity index (χ3v) is 2.86. The van der Waals surface area contributed by atoms with Crippen LogP contribution < -0.4 is 5.73 Å². The first kappa shape index (κ1) is 13.5. The van der Waals surface area contributed by atoms with Crippen LogP contribution in [0.4, 0.5) is 0 Å². The lowest BCUT2D eigenvalue weighted by atomic mass is 10.0. The molecule has 1 rings (SSSR count). The van der Waals surface area contributed by atoms with Gasteiger partial charge in [0.05, 0.1) is 22.7 Å². The molecule has 1 unspecified atom stereocenters. The average molecular weight is 262 g/mol. The number of benzene rings is 1. The summed E-state index contributed by atoms with van der Waals surface area (Å²) in [5.74, 6) is -0.0831. The molecule has 0 bridgehead atoms. The lowest BCUT2D eigenvalue weighted by Gasteiger charge is -2.09. The molecule has 2 N–H and O–H groups in total. The number of ether oxygens (including phenoxy) is 1. The Balaban J connectivity index is 2.66. The Morgan fingerprint density at radius 2 is 2.12 bits per heavy atom. The van der Waals surface area contributed by atoms with Gasteiger partial charge in [0.15, 0.2) is 5.78 Å². The summed E-state index contributed by atoms with van der Waals surface area (Å²) in [6.07, 6.45) is 0.238. The van der Waals surface area contributed by atoms with E-state index in [-0.39, 0.29) is 18.8 Å². The summed E-state index contributed by atoms with van der Waals surface area (Å²) in [7, 11) is 1.51. The van der Waals surface area contributed by atoms with Gasteiger partial charge < -0.3 is 10.5 Å². The van der Waals surface area contributed by atoms with E-state index in [9.17, 15) is 4.79 Å². The maximum absolute atomic E-state index is 11.6. The standard InChI is InChI=1S/C11H13Cl2NO2/c1-16-6-10(14)11(15)5-7-2-3-8(12)9(13)4-7/h2-4,10H,5-6,14H2,1H3. The Bertz CT molecular complexity index is 382. The molecular weight excluding hydrogens is 249 g/mol. The van der Waals surface area contributed by atoms with Crippen LogP contribution in [0.25, 0.3) is 0 Å². The van der Waals surface area contributed by atoms with Crippen molar-refractivity contribution in [3.63, 3.8) is 0 Å². The van der Waals surface area contributed by atoms with Gasteiger partial charge in [0, 0.05) is 13.5 Å². The molecule has 1 aromatic rings. The predicted molar refractivity (Wildman–Crippen MR) is 65.0 cm³/mol. The third kappa shape index (κ3) is 3.76. The summed E-state index contributed by atoms with van der Waals surface area (Å²) in [5, 5.41) is 0.909. The fraction of sp³-hybridized carbons (Fsp3) is 0.364. The summed E-state index contributed by atoms with van der Waals surface area (Å²) in [4.78, 5) is 11.6. The van der Waals surface area contributed by atoms with Gasteiger partial charge in [-0.3, -0.25) is 4.79 Å². The zero-order valence-electron chi connectivity index (χ0n) is 8.87. The van der Waals surface area contributed by atoms with E-state index in [1.807, 2.05) is 0 Å². The average Bonchev–Trinajstić information content (AvgIpc) is 2.24. The van der Waals surface area contributed by atoms with E-state index in [1.165, 1.54) is 7.11 Å². The molecule has 0 fully saturated rings. The van der Waals surface area contributed by atoms with Crippen molar-refractivity contribution in [2.75, 3.05) is 13.7 Å². The molecule has 0 aliphatic carbocycles. The van der Waals surface area contributed by atoms with E-state index in [4.69, 9.17) is 33.7 Å². The highest BCUT2D eigenvalue weighted by atomic mass is 35.5. The van der Waals surface area contributed by atoms with Crippen LogP contribution in [0.3, 0.4) is 0 Å². The lowest BCUT2D eigenvalue weighted by molar-refractivity contribution is -0.120. The molecule has 5 heteroatoms. The molecule has 16 heavy (non-hydrogen) atoms. The van der Waals surface area contributed by atoms with E-state index in [0.29, 0.717) is 10.0 Å². The molecule has 0 aromatic heterocycles. The molecule has 0 saturated carbocycles. The van der Waals surface area contributed by atoms with Crippen LogP contribution in [0.5, 0.6) is 0 Å². The number of carbonyl (C=O) groups excluding carboxylic acids is 1. The largest absolute Gasteiger partial charge is 0.383 e. The number of halogens is 2. The van der Waals surface area contributed by atoms with Crippen molar-refractivity contribution in [2.24, 2.45) is 5.73 Å². The lowest BCUT2D eigenvalue weighted by Crippen LogP contribution is -2.35. The van der Waals surface area contributed by atoms with Crippen molar-refractivity contribution in [2.45, 2.75) is 12.5 Å². The maximum Gasteiger partial charge on any atom is 0.156 e. The highest BCUT2D eigenvalue weighted by Crippen LogP contribution is 2.22. The van der Waals surface area contributed by atoms with Crippen molar-refractivity contribution < 1.29 is 9.53 Å². The Hall–Kier alpha value is -0.610. The normalized spacial score (nSPS) is 12.5. The Kier molecular flexibility index (Phi) is 5.22. The highest BCUT2D eigenvalue weighted by Gasteiger charge is 2.14. The summed E-state index contributed by atoms with van der Waals surface area (Å²) in [6.45, 7) is 0.222. The van der Waals surface area contributed by atoms with Crippen molar-refractivity contribution >= 4 is 29.0 Å². The van der Waals surface area contributed by atoms with E-state index >= 15 is 0 Å². The minimum Gasteiger partial charge on any atom is -0.383 e. The number of hydrogen-bond donors (Lipinski definition) is 1. The van der Waals surface area contributed by atoms with Gasteiger partial charge in [-0.2, -0.15) is 0 Å². The number of carbonyl (C=O) groups is 1. The van der Waals surface area contributed by atoms with Crippen molar-refractivity contribution in [1.29, 1.82) is 0 Å². The van der Waals surface area contributed by atoms with Crippen molar-refractivity contribution in [3.8, 4) is 0 Å². The Morgan fingerprint density at radius 3 is 2.69 bits per heavy atom.